The van der Waals surface area contributed by atoms with Gasteiger partial charge in [0.15, 0.2) is 5.13 Å². The number of hydrogen-bond donors (Lipinski definition) is 1. The average molecular weight is 258 g/mol. The van der Waals surface area contributed by atoms with Crippen LogP contribution in [0.15, 0.2) is 4.21 Å². The van der Waals surface area contributed by atoms with Crippen LogP contribution in [0.1, 0.15) is 5.69 Å². The molecular formula is C7H9F3N2OS2. The van der Waals surface area contributed by atoms with E-state index in [0.29, 0.717) is 5.13 Å². The van der Waals surface area contributed by atoms with Gasteiger partial charge in [-0.15, -0.1) is 24.9 Å². The number of anilines is 1. The number of thioether (sulfide) groups is 1. The molecule has 0 unspecified atom stereocenters. The van der Waals surface area contributed by atoms with Crippen LogP contribution < -0.4 is 5.73 Å². The lowest BCUT2D eigenvalue weighted by atomic mass is 10.6. The van der Waals surface area contributed by atoms with Gasteiger partial charge in [0.1, 0.15) is 0 Å². The number of aromatic nitrogens is 1. The first-order valence-corrected chi connectivity index (χ1v) is 5.75. The third-order valence-corrected chi connectivity index (χ3v) is 3.67. The molecule has 0 fully saturated rings. The van der Waals surface area contributed by atoms with Gasteiger partial charge in [-0.3, -0.25) is 4.74 Å². The summed E-state index contributed by atoms with van der Waals surface area (Å²) in [6, 6.07) is 0. The van der Waals surface area contributed by atoms with Crippen molar-refractivity contribution in [1.29, 1.82) is 0 Å². The molecule has 1 heterocycles. The van der Waals surface area contributed by atoms with E-state index in [1.165, 1.54) is 23.1 Å². The predicted molar refractivity (Wildman–Crippen MR) is 54.0 cm³/mol. The Morgan fingerprint density at radius 3 is 2.67 bits per heavy atom. The van der Waals surface area contributed by atoms with Crippen molar-refractivity contribution in [2.45, 2.75) is 17.5 Å². The maximum atomic E-state index is 11.6. The average Bonchev–Trinajstić information content (AvgIpc) is 2.37. The van der Waals surface area contributed by atoms with E-state index >= 15 is 0 Å². The van der Waals surface area contributed by atoms with Gasteiger partial charge in [0, 0.05) is 5.75 Å². The highest BCUT2D eigenvalue weighted by Gasteiger charge is 2.28. The Balaban J connectivity index is 2.29. The number of nitrogens with zero attached hydrogens (tertiary/aromatic N) is 1. The number of halogens is 3. The lowest BCUT2D eigenvalue weighted by Crippen LogP contribution is -2.15. The first-order chi connectivity index (χ1) is 6.88. The SMILES string of the molecule is Cc1nc(N)sc1SCCOC(F)(F)F. The predicted octanol–water partition coefficient (Wildman–Crippen LogP) is 2.66. The molecule has 0 aliphatic heterocycles. The third kappa shape index (κ3) is 4.72. The van der Waals surface area contributed by atoms with Crippen LogP contribution in [0.3, 0.4) is 0 Å². The van der Waals surface area contributed by atoms with Crippen LogP contribution in [0.5, 0.6) is 0 Å². The Labute approximate surface area is 92.8 Å². The van der Waals surface area contributed by atoms with E-state index in [2.05, 4.69) is 9.72 Å². The summed E-state index contributed by atoms with van der Waals surface area (Å²) in [6.07, 6.45) is -4.55. The first-order valence-electron chi connectivity index (χ1n) is 3.95. The van der Waals surface area contributed by atoms with Gasteiger partial charge in [-0.25, -0.2) is 4.98 Å². The molecule has 0 aliphatic carbocycles. The molecule has 2 N–H and O–H groups in total. The van der Waals surface area contributed by atoms with E-state index < -0.39 is 6.36 Å². The Kier molecular flexibility index (Phi) is 4.23. The normalized spacial score (nSPS) is 12.0. The molecule has 0 aromatic carbocycles. The molecule has 15 heavy (non-hydrogen) atoms. The van der Waals surface area contributed by atoms with Crippen LogP contribution in [-0.2, 0) is 4.74 Å². The van der Waals surface area contributed by atoms with E-state index in [4.69, 9.17) is 5.73 Å². The molecule has 0 atom stereocenters. The van der Waals surface area contributed by atoms with E-state index in [9.17, 15) is 13.2 Å². The van der Waals surface area contributed by atoms with Crippen molar-refractivity contribution >= 4 is 28.2 Å². The molecule has 1 rings (SSSR count). The summed E-state index contributed by atoms with van der Waals surface area (Å²) in [5.74, 6) is 0.224. The second-order valence-corrected chi connectivity index (χ2v) is 4.96. The number of hydrogen-bond acceptors (Lipinski definition) is 5. The lowest BCUT2D eigenvalue weighted by molar-refractivity contribution is -0.322. The monoisotopic (exact) mass is 258 g/mol. The Morgan fingerprint density at radius 2 is 2.20 bits per heavy atom. The molecule has 86 valence electrons. The zero-order chi connectivity index (χ0) is 11.5. The maximum absolute atomic E-state index is 11.6. The maximum Gasteiger partial charge on any atom is 0.522 e. The Bertz CT molecular complexity index is 327. The van der Waals surface area contributed by atoms with Gasteiger partial charge in [-0.05, 0) is 6.92 Å². The molecule has 0 saturated carbocycles. The van der Waals surface area contributed by atoms with Crippen LogP contribution in [0.25, 0.3) is 0 Å². The van der Waals surface area contributed by atoms with Crippen molar-refractivity contribution in [3.63, 3.8) is 0 Å². The molecule has 0 radical (unpaired) electrons. The molecule has 0 amide bonds. The topological polar surface area (TPSA) is 48.1 Å². The fourth-order valence-electron chi connectivity index (χ4n) is 0.828. The zero-order valence-electron chi connectivity index (χ0n) is 7.80. The highest BCUT2D eigenvalue weighted by molar-refractivity contribution is 8.01. The van der Waals surface area contributed by atoms with Gasteiger partial charge in [0.2, 0.25) is 0 Å². The van der Waals surface area contributed by atoms with Crippen LogP contribution in [0.4, 0.5) is 18.3 Å². The van der Waals surface area contributed by atoms with Crippen molar-refractivity contribution in [3.8, 4) is 0 Å². The van der Waals surface area contributed by atoms with Crippen molar-refractivity contribution in [2.24, 2.45) is 0 Å². The molecule has 0 spiro atoms. The summed E-state index contributed by atoms with van der Waals surface area (Å²) < 4.78 is 39.3. The van der Waals surface area contributed by atoms with Crippen molar-refractivity contribution in [1.82, 2.24) is 4.98 Å². The minimum absolute atomic E-state index is 0.224. The van der Waals surface area contributed by atoms with Crippen LogP contribution in [0, 0.1) is 6.92 Å². The van der Waals surface area contributed by atoms with Crippen molar-refractivity contribution in [2.75, 3.05) is 18.1 Å². The van der Waals surface area contributed by atoms with Crippen LogP contribution in [-0.4, -0.2) is 23.7 Å². The second-order valence-electron chi connectivity index (χ2n) is 2.57. The molecular weight excluding hydrogens is 249 g/mol. The van der Waals surface area contributed by atoms with Gasteiger partial charge in [-0.2, -0.15) is 0 Å². The number of aryl methyl sites for hydroxylation is 1. The van der Waals surface area contributed by atoms with E-state index in [0.717, 1.165) is 9.90 Å². The Hall–Kier alpha value is -0.470. The van der Waals surface area contributed by atoms with Crippen molar-refractivity contribution in [3.05, 3.63) is 5.69 Å². The summed E-state index contributed by atoms with van der Waals surface area (Å²) in [5.41, 5.74) is 6.18. The van der Waals surface area contributed by atoms with E-state index in [1.54, 1.807) is 6.92 Å². The van der Waals surface area contributed by atoms with Gasteiger partial charge in [-0.1, -0.05) is 11.3 Å². The highest BCUT2D eigenvalue weighted by atomic mass is 32.2. The molecule has 0 bridgehead atoms. The minimum Gasteiger partial charge on any atom is -0.375 e. The van der Waals surface area contributed by atoms with Gasteiger partial charge in [0.25, 0.3) is 0 Å². The summed E-state index contributed by atoms with van der Waals surface area (Å²) in [7, 11) is 0. The van der Waals surface area contributed by atoms with Crippen molar-refractivity contribution < 1.29 is 17.9 Å². The summed E-state index contributed by atoms with van der Waals surface area (Å²) in [6.45, 7) is 1.39. The minimum atomic E-state index is -4.55. The van der Waals surface area contributed by atoms with E-state index in [1.807, 2.05) is 0 Å². The van der Waals surface area contributed by atoms with Crippen LogP contribution in [0.2, 0.25) is 0 Å². The lowest BCUT2D eigenvalue weighted by Gasteiger charge is -2.05. The number of rotatable bonds is 4. The Morgan fingerprint density at radius 1 is 1.53 bits per heavy atom. The number of thiazole rings is 1. The fourth-order valence-corrected chi connectivity index (χ4v) is 2.74. The standard InChI is InChI=1S/C7H9F3N2OS2/c1-4-5(15-6(11)12-4)14-3-2-13-7(8,9)10/h2-3H2,1H3,(H2,11,12). The molecule has 3 nitrogen and oxygen atoms in total. The molecule has 0 aliphatic rings. The second kappa shape index (κ2) is 5.04. The quantitative estimate of drug-likeness (QED) is 0.666. The van der Waals surface area contributed by atoms with Gasteiger partial charge >= 0.3 is 6.36 Å². The molecule has 8 heteroatoms. The summed E-state index contributed by atoms with van der Waals surface area (Å²) >= 11 is 2.52. The molecule has 1 aromatic heterocycles. The molecule has 0 saturated heterocycles. The van der Waals surface area contributed by atoms with E-state index in [-0.39, 0.29) is 12.4 Å². The highest BCUT2D eigenvalue weighted by Crippen LogP contribution is 2.30. The van der Waals surface area contributed by atoms with Gasteiger partial charge < -0.3 is 5.73 Å². The largest absolute Gasteiger partial charge is 0.522 e. The molecule has 1 aromatic rings. The smallest absolute Gasteiger partial charge is 0.375 e. The van der Waals surface area contributed by atoms with Gasteiger partial charge in [0.05, 0.1) is 16.5 Å². The first kappa shape index (κ1) is 12.6. The number of ether oxygens (including phenoxy) is 1. The van der Waals surface area contributed by atoms with Crippen LogP contribution >= 0.6 is 23.1 Å². The third-order valence-electron chi connectivity index (χ3n) is 1.35. The number of nitrogen functional groups attached to an aromatic ring is 1. The number of alkyl halides is 3. The zero-order valence-corrected chi connectivity index (χ0v) is 9.43. The summed E-state index contributed by atoms with van der Waals surface area (Å²) in [5, 5.41) is 0.423. The number of nitrogens with two attached hydrogens (primary N) is 1. The fraction of sp³-hybridized carbons (Fsp3) is 0.571. The summed E-state index contributed by atoms with van der Waals surface area (Å²) in [4.78, 5) is 3.95.